The minimum atomic E-state index is 0.622. The van der Waals surface area contributed by atoms with E-state index in [0.717, 1.165) is 44.2 Å². The predicted octanol–water partition coefficient (Wildman–Crippen LogP) is 1.97. The Balaban J connectivity index is 1.41. The van der Waals surface area contributed by atoms with Crippen LogP contribution in [0.2, 0.25) is 0 Å². The van der Waals surface area contributed by atoms with Crippen LogP contribution in [0.25, 0.3) is 11.4 Å². The molecular formula is C19H22N5S+. The van der Waals surface area contributed by atoms with E-state index in [9.17, 15) is 0 Å². The lowest BCUT2D eigenvalue weighted by Gasteiger charge is -2.33. The number of H-pyrrole nitrogens is 1. The molecule has 1 saturated heterocycles. The highest BCUT2D eigenvalue weighted by molar-refractivity contribution is 7.71. The van der Waals surface area contributed by atoms with E-state index < -0.39 is 0 Å². The van der Waals surface area contributed by atoms with Gasteiger partial charge in [-0.05, 0) is 24.4 Å². The molecule has 0 aliphatic carbocycles. The number of anilines is 1. The highest BCUT2D eigenvalue weighted by Gasteiger charge is 2.21. The van der Waals surface area contributed by atoms with Crippen LogP contribution in [-0.2, 0) is 6.67 Å². The van der Waals surface area contributed by atoms with Gasteiger partial charge in [0.25, 0.3) is 0 Å². The van der Waals surface area contributed by atoms with E-state index in [-0.39, 0.29) is 0 Å². The molecule has 0 radical (unpaired) electrons. The standard InChI is InChI=1S/C19H21N5S/c25-19-20-18(16-7-3-1-4-8-16)21-24(19)15-22-11-13-23(14-12-22)17-9-5-2-6-10-17/h1-10H,11-15H2,(H,20,21,25)/p+1. The molecule has 0 saturated carbocycles. The summed E-state index contributed by atoms with van der Waals surface area (Å²) >= 11 is 5.44. The Labute approximate surface area is 152 Å². The Bertz CT molecular complexity index is 864. The van der Waals surface area contributed by atoms with Crippen molar-refractivity contribution in [2.45, 2.75) is 6.67 Å². The van der Waals surface area contributed by atoms with Crippen molar-refractivity contribution in [3.8, 4) is 11.4 Å². The average molecular weight is 352 g/mol. The van der Waals surface area contributed by atoms with E-state index in [1.54, 1.807) is 0 Å². The minimum absolute atomic E-state index is 0.622. The summed E-state index contributed by atoms with van der Waals surface area (Å²) in [6, 6.07) is 20.8. The lowest BCUT2D eigenvalue weighted by Crippen LogP contribution is -3.14. The van der Waals surface area contributed by atoms with Crippen LogP contribution in [0.4, 0.5) is 5.69 Å². The van der Waals surface area contributed by atoms with Crippen molar-refractivity contribution >= 4 is 17.9 Å². The molecule has 1 aromatic heterocycles. The largest absolute Gasteiger partial charge is 0.360 e. The molecule has 0 amide bonds. The van der Waals surface area contributed by atoms with Gasteiger partial charge in [-0.2, -0.15) is 4.98 Å². The first-order valence-electron chi connectivity index (χ1n) is 8.65. The fourth-order valence-electron chi connectivity index (χ4n) is 3.29. The summed E-state index contributed by atoms with van der Waals surface area (Å²) in [6.45, 7) is 5.15. The smallest absolute Gasteiger partial charge is 0.221 e. The molecule has 4 rings (SSSR count). The Kier molecular flexibility index (Phi) is 4.63. The van der Waals surface area contributed by atoms with Crippen molar-refractivity contribution < 1.29 is 4.90 Å². The zero-order valence-electron chi connectivity index (χ0n) is 14.1. The van der Waals surface area contributed by atoms with Gasteiger partial charge in [-0.25, -0.2) is 4.68 Å². The van der Waals surface area contributed by atoms with E-state index in [4.69, 9.17) is 12.2 Å². The second kappa shape index (κ2) is 7.21. The third-order valence-corrected chi connectivity index (χ3v) is 5.01. The topological polar surface area (TPSA) is 41.3 Å². The zero-order chi connectivity index (χ0) is 17.1. The summed E-state index contributed by atoms with van der Waals surface area (Å²) in [6.07, 6.45) is 0. The van der Waals surface area contributed by atoms with Crippen molar-refractivity contribution in [3.63, 3.8) is 0 Å². The summed E-state index contributed by atoms with van der Waals surface area (Å²) in [5, 5.41) is 3.35. The fraction of sp³-hybridized carbons (Fsp3) is 0.263. The van der Waals surface area contributed by atoms with E-state index in [1.165, 1.54) is 10.6 Å². The van der Waals surface area contributed by atoms with Crippen LogP contribution < -0.4 is 9.80 Å². The van der Waals surface area contributed by atoms with Crippen molar-refractivity contribution in [3.05, 3.63) is 65.4 Å². The van der Waals surface area contributed by atoms with Crippen LogP contribution in [0.5, 0.6) is 0 Å². The van der Waals surface area contributed by atoms with Crippen LogP contribution in [0.1, 0.15) is 0 Å². The quantitative estimate of drug-likeness (QED) is 0.706. The number of aromatic nitrogens is 3. The van der Waals surface area contributed by atoms with Gasteiger partial charge in [-0.3, -0.25) is 5.10 Å². The second-order valence-corrected chi connectivity index (χ2v) is 6.74. The van der Waals surface area contributed by atoms with Gasteiger partial charge >= 0.3 is 0 Å². The molecule has 5 nitrogen and oxygen atoms in total. The molecule has 0 atom stereocenters. The Morgan fingerprint density at radius 3 is 2.28 bits per heavy atom. The van der Waals surface area contributed by atoms with Gasteiger partial charge in [0, 0.05) is 11.3 Å². The number of nitrogens with zero attached hydrogens (tertiary/aromatic N) is 3. The Hall–Kier alpha value is -2.44. The molecule has 0 unspecified atom stereocenters. The molecule has 0 bridgehead atoms. The number of para-hydroxylation sites is 1. The number of hydrogen-bond acceptors (Lipinski definition) is 3. The molecule has 128 valence electrons. The van der Waals surface area contributed by atoms with Gasteiger partial charge in [0.05, 0.1) is 26.2 Å². The van der Waals surface area contributed by atoms with Crippen molar-refractivity contribution in [1.29, 1.82) is 0 Å². The highest BCUT2D eigenvalue weighted by Crippen LogP contribution is 2.14. The van der Waals surface area contributed by atoms with Crippen molar-refractivity contribution in [2.24, 2.45) is 0 Å². The van der Waals surface area contributed by atoms with Crippen LogP contribution in [0.3, 0.4) is 0 Å². The zero-order valence-corrected chi connectivity index (χ0v) is 14.9. The number of aromatic amines is 1. The number of piperazine rings is 1. The van der Waals surface area contributed by atoms with E-state index in [1.807, 2.05) is 35.0 Å². The van der Waals surface area contributed by atoms with Gasteiger partial charge in [-0.15, -0.1) is 0 Å². The third kappa shape index (κ3) is 3.65. The van der Waals surface area contributed by atoms with E-state index in [0.29, 0.717) is 4.77 Å². The molecule has 1 aliphatic rings. The molecule has 6 heteroatoms. The highest BCUT2D eigenvalue weighted by atomic mass is 32.1. The molecule has 2 N–H and O–H groups in total. The average Bonchev–Trinajstić information content (AvgIpc) is 3.04. The number of rotatable bonds is 4. The van der Waals surface area contributed by atoms with E-state index >= 15 is 0 Å². The molecule has 1 aliphatic heterocycles. The molecule has 0 spiro atoms. The molecule has 25 heavy (non-hydrogen) atoms. The molecular weight excluding hydrogens is 330 g/mol. The summed E-state index contributed by atoms with van der Waals surface area (Å²) in [4.78, 5) is 8.48. The van der Waals surface area contributed by atoms with E-state index in [2.05, 4.69) is 45.3 Å². The number of hydrogen-bond donors (Lipinski definition) is 2. The van der Waals surface area contributed by atoms with Gasteiger partial charge in [0.1, 0.15) is 0 Å². The first-order valence-corrected chi connectivity index (χ1v) is 9.06. The number of quaternary nitrogens is 1. The van der Waals surface area contributed by atoms with Crippen LogP contribution in [0, 0.1) is 4.77 Å². The van der Waals surface area contributed by atoms with Crippen LogP contribution in [-0.4, -0.2) is 40.9 Å². The molecule has 1 fully saturated rings. The maximum Gasteiger partial charge on any atom is 0.221 e. The fourth-order valence-corrected chi connectivity index (χ4v) is 3.49. The summed E-state index contributed by atoms with van der Waals surface area (Å²) in [5.74, 6) is 0.841. The normalized spacial score (nSPS) is 15.4. The maximum atomic E-state index is 5.44. The lowest BCUT2D eigenvalue weighted by atomic mass is 10.2. The lowest BCUT2D eigenvalue weighted by molar-refractivity contribution is -0.924. The molecule has 3 aromatic rings. The third-order valence-electron chi connectivity index (χ3n) is 4.70. The SMILES string of the molecule is S=c1nc(-c2ccccc2)[nH]n1C[NH+]1CCN(c2ccccc2)CC1. The monoisotopic (exact) mass is 352 g/mol. The van der Waals surface area contributed by atoms with Gasteiger partial charge < -0.3 is 9.80 Å². The molecule has 2 heterocycles. The maximum absolute atomic E-state index is 5.44. The van der Waals surface area contributed by atoms with Gasteiger partial charge in [-0.1, -0.05) is 48.5 Å². The van der Waals surface area contributed by atoms with Gasteiger partial charge in [0.15, 0.2) is 12.5 Å². The van der Waals surface area contributed by atoms with Crippen LogP contribution >= 0.6 is 12.2 Å². The summed E-state index contributed by atoms with van der Waals surface area (Å²) in [7, 11) is 0. The number of benzene rings is 2. The molecule has 2 aromatic carbocycles. The van der Waals surface area contributed by atoms with Crippen LogP contribution in [0.15, 0.2) is 60.7 Å². The van der Waals surface area contributed by atoms with Crippen molar-refractivity contribution in [1.82, 2.24) is 14.8 Å². The summed E-state index contributed by atoms with van der Waals surface area (Å²) in [5.41, 5.74) is 2.38. The Morgan fingerprint density at radius 1 is 0.960 bits per heavy atom. The first-order chi connectivity index (χ1) is 12.3. The van der Waals surface area contributed by atoms with Gasteiger partial charge in [0.2, 0.25) is 4.77 Å². The Morgan fingerprint density at radius 2 is 1.60 bits per heavy atom. The predicted molar refractivity (Wildman–Crippen MR) is 102 cm³/mol. The number of nitrogens with one attached hydrogen (secondary N) is 2. The van der Waals surface area contributed by atoms with Crippen molar-refractivity contribution in [2.75, 3.05) is 31.1 Å². The second-order valence-electron chi connectivity index (χ2n) is 6.38. The first kappa shape index (κ1) is 16.1. The summed E-state index contributed by atoms with van der Waals surface area (Å²) < 4.78 is 2.61. The minimum Gasteiger partial charge on any atom is -0.360 e.